The Labute approximate surface area is 288 Å². The summed E-state index contributed by atoms with van der Waals surface area (Å²) in [4.78, 5) is 11.2. The van der Waals surface area contributed by atoms with Gasteiger partial charge in [0, 0.05) is 6.07 Å². The van der Waals surface area contributed by atoms with Crippen molar-refractivity contribution in [1.82, 2.24) is 15.6 Å². The van der Waals surface area contributed by atoms with Gasteiger partial charge in [-0.15, -0.1) is 5.11 Å². The monoisotopic (exact) mass is 602 g/mol. The van der Waals surface area contributed by atoms with E-state index in [0.717, 1.165) is 53.5 Å². The summed E-state index contributed by atoms with van der Waals surface area (Å²) in [5.74, 6) is -2.63. The second-order valence-electron chi connectivity index (χ2n) is 7.21. The number of rotatable bonds is 7. The van der Waals surface area contributed by atoms with Gasteiger partial charge in [-0.2, -0.15) is 15.6 Å². The number of hydrogen-bond donors (Lipinski definition) is 3. The van der Waals surface area contributed by atoms with E-state index < -0.39 is 53.1 Å². The maximum absolute atomic E-state index is 12.4. The van der Waals surface area contributed by atoms with E-state index in [-0.39, 0.29) is 106 Å². The molecule has 0 saturated carbocycles. The minimum atomic E-state index is -4.82. The van der Waals surface area contributed by atoms with Crippen LogP contribution >= 0.6 is 0 Å². The molecule has 0 bridgehead atoms. The summed E-state index contributed by atoms with van der Waals surface area (Å²) in [5, 5.41) is 37.9. The molecule has 0 saturated heterocycles. The maximum Gasteiger partial charge on any atom is 1.00 e. The van der Waals surface area contributed by atoms with Crippen LogP contribution in [-0.2, 0) is 25.0 Å². The van der Waals surface area contributed by atoms with E-state index in [9.17, 15) is 40.9 Å². The van der Waals surface area contributed by atoms with Crippen molar-refractivity contribution in [2.24, 2.45) is 10.2 Å². The van der Waals surface area contributed by atoms with Gasteiger partial charge in [-0.05, 0) is 42.0 Å². The molecule has 1 aliphatic heterocycles. The number of hydrogen-bond acceptors (Lipinski definition) is 14. The van der Waals surface area contributed by atoms with Gasteiger partial charge in [0.15, 0.2) is 5.82 Å². The van der Waals surface area contributed by atoms with E-state index in [0.29, 0.717) is 0 Å². The number of carboxylic acid groups (broad SMARTS) is 1. The van der Waals surface area contributed by atoms with Gasteiger partial charge in [-0.3, -0.25) is 5.10 Å². The predicted octanol–water partition coefficient (Wildman–Crippen LogP) is -9.29. The van der Waals surface area contributed by atoms with Crippen LogP contribution in [0.15, 0.2) is 86.7 Å². The number of carboxylic acids is 1. The summed E-state index contributed by atoms with van der Waals surface area (Å²) in [6.07, 6.45) is 1.32. The van der Waals surface area contributed by atoms with Gasteiger partial charge >= 0.3 is 88.7 Å². The van der Waals surface area contributed by atoms with Crippen LogP contribution in [0.5, 0.6) is 0 Å². The number of nitrogens with one attached hydrogen (secondary N) is 2. The molecule has 3 N–H and O–H groups in total. The Balaban J connectivity index is 0.00000253. The molecule has 20 heteroatoms. The Morgan fingerprint density at radius 1 is 0.897 bits per heavy atom. The molecule has 3 aromatic rings. The zero-order chi connectivity index (χ0) is 26.3. The Kier molecular flexibility index (Phi) is 12.6. The molecule has 39 heavy (non-hydrogen) atoms. The summed E-state index contributed by atoms with van der Waals surface area (Å²) >= 11 is 0. The molecule has 1 unspecified atom stereocenters. The molecule has 2 aromatic carbocycles. The third-order valence-corrected chi connectivity index (χ3v) is 6.67. The fourth-order valence-electron chi connectivity index (χ4n) is 3.31. The van der Waals surface area contributed by atoms with Crippen LogP contribution in [0.4, 0.5) is 11.5 Å². The van der Waals surface area contributed by atoms with Crippen LogP contribution in [0.3, 0.4) is 0 Å². The number of aliphatic hydroxyl groups excluding tert-OH is 1. The Morgan fingerprint density at radius 3 is 1.85 bits per heavy atom. The summed E-state index contributed by atoms with van der Waals surface area (Å²) in [6.45, 7) is 0. The Hall–Kier alpha value is -1.16. The number of anilines is 1. The van der Waals surface area contributed by atoms with Gasteiger partial charge in [0.05, 0.1) is 33.2 Å². The van der Waals surface area contributed by atoms with Crippen molar-refractivity contribution in [1.29, 1.82) is 0 Å². The number of carbonyl (C=O) groups is 1. The normalized spacial score (nSPS) is 17.3. The number of aliphatic carboxylic acids is 1. The van der Waals surface area contributed by atoms with Crippen molar-refractivity contribution in [3.63, 3.8) is 0 Å². The number of carbonyl (C=O) groups excluding carboxylic acids is 1. The summed E-state index contributed by atoms with van der Waals surface area (Å²) in [5.41, 5.74) is -0.729. The Bertz CT molecular complexity index is 1600. The number of benzene rings is 2. The fourth-order valence-corrected chi connectivity index (χ4v) is 4.25. The topological polar surface area (TPSA) is 243 Å². The number of azo groups is 1. The first-order valence-electron chi connectivity index (χ1n) is 9.60. The molecule has 1 atom stereocenters. The summed E-state index contributed by atoms with van der Waals surface area (Å²) in [7, 11) is -9.60. The van der Waals surface area contributed by atoms with Crippen molar-refractivity contribution in [2.75, 3.05) is 5.01 Å². The number of nitrogens with zero attached hydrogens (tertiary/aromatic N) is 4. The third kappa shape index (κ3) is 7.57. The molecule has 188 valence electrons. The van der Waals surface area contributed by atoms with Gasteiger partial charge in [-0.1, -0.05) is 12.1 Å². The first kappa shape index (κ1) is 35.9. The molecule has 2 heterocycles. The smallest absolute Gasteiger partial charge is 0.744 e. The molecule has 0 fully saturated rings. The van der Waals surface area contributed by atoms with E-state index in [1.165, 1.54) is 12.3 Å². The van der Waals surface area contributed by atoms with E-state index in [4.69, 9.17) is 0 Å². The van der Waals surface area contributed by atoms with Crippen LogP contribution in [0, 0.1) is 0 Å². The molecule has 0 amide bonds. The molecule has 15 nitrogen and oxygen atoms in total. The molecule has 4 rings (SSSR count). The van der Waals surface area contributed by atoms with Gasteiger partial charge in [-0.25, -0.2) is 21.8 Å². The van der Waals surface area contributed by atoms with Crippen molar-refractivity contribution in [3.8, 4) is 0 Å². The zero-order valence-electron chi connectivity index (χ0n) is 20.6. The van der Waals surface area contributed by atoms with Crippen molar-refractivity contribution >= 4 is 43.3 Å². The van der Waals surface area contributed by atoms with Crippen molar-refractivity contribution in [3.05, 3.63) is 72.2 Å². The van der Waals surface area contributed by atoms with E-state index in [2.05, 4.69) is 25.9 Å². The fraction of sp³-hybridized carbons (Fsp3) is 0.0526. The van der Waals surface area contributed by atoms with Crippen LogP contribution in [0.1, 0.15) is 5.56 Å². The van der Waals surface area contributed by atoms with Gasteiger partial charge < -0.3 is 24.1 Å². The average molecular weight is 602 g/mol. The number of aliphatic hydroxyl groups is 1. The SMILES string of the molecule is O=C([O-])C1(N=Nc2ccn[nH]2)NN(c2ccc(S(=O)(=O)[O-])cc2)C(O)=C1c1ccc(S(=O)(=O)[O-])cc1.[Na+].[Na+].[Na+]. The average Bonchev–Trinajstić information content (AvgIpc) is 3.43. The predicted molar refractivity (Wildman–Crippen MR) is 115 cm³/mol. The quantitative estimate of drug-likeness (QED) is 0.130. The molecular weight excluding hydrogens is 589 g/mol. The maximum atomic E-state index is 12.4. The molecule has 1 aromatic heterocycles. The van der Waals surface area contributed by atoms with Crippen LogP contribution < -0.4 is 104 Å². The second kappa shape index (κ2) is 13.7. The first-order valence-corrected chi connectivity index (χ1v) is 12.4. The number of aromatic nitrogens is 2. The van der Waals surface area contributed by atoms with Gasteiger partial charge in [0.1, 0.15) is 20.2 Å². The standard InChI is InChI=1S/C19H16N6O9S2.3Na/c26-17-16(11-1-5-13(6-2-11)35(29,30)31)19(18(27)28,23-22-15-9-10-20-21-15)24-25(17)12-3-7-14(8-4-12)36(32,33)34;;;/h1-10,24,26H,(H,20,21)(H,27,28)(H,29,30,31)(H,32,33,34);;;/q;3*+1/p-3. The number of aromatic amines is 1. The van der Waals surface area contributed by atoms with Crippen LogP contribution in [0.2, 0.25) is 0 Å². The molecular formula is C19H13N6Na3O9S2. The minimum absolute atomic E-state index is 0. The molecule has 0 aliphatic carbocycles. The van der Waals surface area contributed by atoms with Crippen molar-refractivity contribution in [2.45, 2.75) is 15.5 Å². The van der Waals surface area contributed by atoms with Crippen molar-refractivity contribution < 1.29 is 130 Å². The number of hydrazine groups is 1. The Morgan fingerprint density at radius 2 is 1.41 bits per heavy atom. The first-order chi connectivity index (χ1) is 16.8. The van der Waals surface area contributed by atoms with Gasteiger partial charge in [0.2, 0.25) is 11.5 Å². The van der Waals surface area contributed by atoms with Crippen LogP contribution in [0.25, 0.3) is 5.57 Å². The van der Waals surface area contributed by atoms with E-state index >= 15 is 0 Å². The summed E-state index contributed by atoms with van der Waals surface area (Å²) in [6, 6.07) is 9.39. The third-order valence-electron chi connectivity index (χ3n) is 4.98. The zero-order valence-corrected chi connectivity index (χ0v) is 28.2. The minimum Gasteiger partial charge on any atom is -0.744 e. The molecule has 0 spiro atoms. The summed E-state index contributed by atoms with van der Waals surface area (Å²) < 4.78 is 67.5. The number of H-pyrrole nitrogens is 1. The largest absolute Gasteiger partial charge is 1.00 e. The van der Waals surface area contributed by atoms with Gasteiger partial charge in [0.25, 0.3) is 0 Å². The van der Waals surface area contributed by atoms with Crippen LogP contribution in [-0.4, -0.2) is 52.9 Å². The molecule has 1 aliphatic rings. The molecule has 0 radical (unpaired) electrons. The van der Waals surface area contributed by atoms with E-state index in [1.807, 2.05) is 0 Å². The van der Waals surface area contributed by atoms with E-state index in [1.54, 1.807) is 0 Å². The second-order valence-corrected chi connectivity index (χ2v) is 9.97.